The van der Waals surface area contributed by atoms with Gasteiger partial charge in [0, 0.05) is 18.0 Å². The molecule has 25 heavy (non-hydrogen) atoms. The van der Waals surface area contributed by atoms with Gasteiger partial charge in [-0.05, 0) is 37.7 Å². The molecular formula is C19H25N3O3. The number of rotatable bonds is 4. The third-order valence-electron chi connectivity index (χ3n) is 4.65. The summed E-state index contributed by atoms with van der Waals surface area (Å²) in [6.45, 7) is 4.49. The molecule has 0 radical (unpaired) electrons. The van der Waals surface area contributed by atoms with Crippen molar-refractivity contribution in [1.82, 2.24) is 15.1 Å². The Labute approximate surface area is 146 Å². The number of aliphatic hydroxyl groups excluding tert-OH is 1. The molecule has 2 aromatic rings. The fourth-order valence-corrected chi connectivity index (χ4v) is 3.35. The summed E-state index contributed by atoms with van der Waals surface area (Å²) in [6.07, 6.45) is 2.66. The fourth-order valence-electron chi connectivity index (χ4n) is 3.35. The number of carbonyl (C=O) groups is 1. The van der Waals surface area contributed by atoms with Crippen LogP contribution in [0, 0.1) is 5.92 Å². The van der Waals surface area contributed by atoms with Crippen LogP contribution in [-0.4, -0.2) is 32.9 Å². The number of hydrogen-bond donors (Lipinski definition) is 2. The van der Waals surface area contributed by atoms with Gasteiger partial charge < -0.3 is 10.4 Å². The summed E-state index contributed by atoms with van der Waals surface area (Å²) >= 11 is 0. The third kappa shape index (κ3) is 3.90. The monoisotopic (exact) mass is 343 g/mol. The Hall–Kier alpha value is -2.21. The molecule has 134 valence electrons. The minimum atomic E-state index is -0.264. The van der Waals surface area contributed by atoms with E-state index >= 15 is 0 Å². The van der Waals surface area contributed by atoms with E-state index in [4.69, 9.17) is 0 Å². The Morgan fingerprint density at radius 1 is 1.24 bits per heavy atom. The van der Waals surface area contributed by atoms with Crippen molar-refractivity contribution in [1.29, 1.82) is 0 Å². The quantitative estimate of drug-likeness (QED) is 0.890. The molecule has 0 spiro atoms. The molecule has 1 heterocycles. The Morgan fingerprint density at radius 2 is 1.88 bits per heavy atom. The highest BCUT2D eigenvalue weighted by molar-refractivity contribution is 6.04. The number of amides is 1. The summed E-state index contributed by atoms with van der Waals surface area (Å²) in [4.78, 5) is 25.4. The van der Waals surface area contributed by atoms with Gasteiger partial charge in [0.15, 0.2) is 5.69 Å². The van der Waals surface area contributed by atoms with E-state index in [0.717, 1.165) is 12.8 Å². The second-order valence-electron chi connectivity index (χ2n) is 7.25. The first-order valence-corrected chi connectivity index (χ1v) is 8.94. The van der Waals surface area contributed by atoms with Crippen molar-refractivity contribution < 1.29 is 9.90 Å². The normalized spacial score (nSPS) is 20.8. The molecule has 1 amide bonds. The maximum absolute atomic E-state index is 12.8. The van der Waals surface area contributed by atoms with Crippen LogP contribution in [0.2, 0.25) is 0 Å². The van der Waals surface area contributed by atoms with Gasteiger partial charge in [-0.25, -0.2) is 4.68 Å². The lowest BCUT2D eigenvalue weighted by Gasteiger charge is -2.26. The predicted molar refractivity (Wildman–Crippen MR) is 96.6 cm³/mol. The van der Waals surface area contributed by atoms with Gasteiger partial charge in [0.25, 0.3) is 11.5 Å². The molecule has 6 heteroatoms. The van der Waals surface area contributed by atoms with Gasteiger partial charge in [-0.2, -0.15) is 5.10 Å². The lowest BCUT2D eigenvalue weighted by molar-refractivity contribution is 0.0862. The number of nitrogens with one attached hydrogen (secondary N) is 1. The zero-order valence-electron chi connectivity index (χ0n) is 14.7. The van der Waals surface area contributed by atoms with E-state index in [-0.39, 0.29) is 29.5 Å². The minimum Gasteiger partial charge on any atom is -0.393 e. The van der Waals surface area contributed by atoms with E-state index in [0.29, 0.717) is 35.9 Å². The molecule has 1 saturated carbocycles. The highest BCUT2D eigenvalue weighted by Gasteiger charge is 2.23. The topological polar surface area (TPSA) is 84.2 Å². The highest BCUT2D eigenvalue weighted by atomic mass is 16.3. The molecule has 1 aromatic carbocycles. The standard InChI is InChI=1S/C19H25N3O3/c1-12(2)11-22-19(25)16-6-4-3-5-15(16)17(21-22)18(24)20-13-7-9-14(23)10-8-13/h3-6,12-14,23H,7-11H2,1-2H3,(H,20,24). The summed E-state index contributed by atoms with van der Waals surface area (Å²) in [6, 6.07) is 7.16. The highest BCUT2D eigenvalue weighted by Crippen LogP contribution is 2.20. The van der Waals surface area contributed by atoms with Crippen molar-refractivity contribution in [2.45, 2.75) is 58.2 Å². The second-order valence-corrected chi connectivity index (χ2v) is 7.25. The molecule has 0 unspecified atom stereocenters. The van der Waals surface area contributed by atoms with Crippen molar-refractivity contribution in [2.24, 2.45) is 5.92 Å². The number of nitrogens with zero attached hydrogens (tertiary/aromatic N) is 2. The van der Waals surface area contributed by atoms with E-state index in [9.17, 15) is 14.7 Å². The predicted octanol–water partition coefficient (Wildman–Crippen LogP) is 2.09. The van der Waals surface area contributed by atoms with Gasteiger partial charge >= 0.3 is 0 Å². The molecule has 1 aromatic heterocycles. The first-order chi connectivity index (χ1) is 12.0. The van der Waals surface area contributed by atoms with Crippen LogP contribution in [0.25, 0.3) is 10.8 Å². The van der Waals surface area contributed by atoms with Crippen LogP contribution in [-0.2, 0) is 6.54 Å². The maximum atomic E-state index is 12.8. The molecule has 0 aliphatic heterocycles. The van der Waals surface area contributed by atoms with Gasteiger partial charge in [0.2, 0.25) is 0 Å². The van der Waals surface area contributed by atoms with Crippen molar-refractivity contribution in [3.63, 3.8) is 0 Å². The Morgan fingerprint density at radius 3 is 2.52 bits per heavy atom. The second kappa shape index (κ2) is 7.35. The molecule has 1 aliphatic rings. The van der Waals surface area contributed by atoms with Crippen LogP contribution in [0.3, 0.4) is 0 Å². The summed E-state index contributed by atoms with van der Waals surface area (Å²) in [5.41, 5.74) is 0.128. The van der Waals surface area contributed by atoms with Gasteiger partial charge in [-0.3, -0.25) is 9.59 Å². The van der Waals surface area contributed by atoms with E-state index in [2.05, 4.69) is 10.4 Å². The largest absolute Gasteiger partial charge is 0.393 e. The molecule has 1 fully saturated rings. The lowest BCUT2D eigenvalue weighted by Crippen LogP contribution is -2.40. The van der Waals surface area contributed by atoms with Crippen LogP contribution in [0.15, 0.2) is 29.1 Å². The number of carbonyl (C=O) groups excluding carboxylic acids is 1. The van der Waals surface area contributed by atoms with Crippen molar-refractivity contribution in [2.75, 3.05) is 0 Å². The van der Waals surface area contributed by atoms with Gasteiger partial charge in [0.05, 0.1) is 11.5 Å². The summed E-state index contributed by atoms with van der Waals surface area (Å²) in [5, 5.41) is 18.1. The molecular weight excluding hydrogens is 318 g/mol. The SMILES string of the molecule is CC(C)Cn1nc(C(=O)NC2CCC(O)CC2)c2ccccc2c1=O. The summed E-state index contributed by atoms with van der Waals surface area (Å²) in [7, 11) is 0. The van der Waals surface area contributed by atoms with Crippen molar-refractivity contribution >= 4 is 16.7 Å². The zero-order valence-corrected chi connectivity index (χ0v) is 14.7. The Balaban J connectivity index is 1.95. The number of aromatic nitrogens is 2. The number of fused-ring (bicyclic) bond motifs is 1. The number of hydrogen-bond acceptors (Lipinski definition) is 4. The number of aliphatic hydroxyl groups is 1. The Kier molecular flexibility index (Phi) is 5.18. The average molecular weight is 343 g/mol. The van der Waals surface area contributed by atoms with E-state index in [1.165, 1.54) is 4.68 Å². The van der Waals surface area contributed by atoms with Gasteiger partial charge in [-0.1, -0.05) is 32.0 Å². The minimum absolute atomic E-state index is 0.0435. The van der Waals surface area contributed by atoms with E-state index in [1.807, 2.05) is 19.9 Å². The van der Waals surface area contributed by atoms with Crippen LogP contribution < -0.4 is 10.9 Å². The smallest absolute Gasteiger partial charge is 0.274 e. The van der Waals surface area contributed by atoms with E-state index < -0.39 is 0 Å². The van der Waals surface area contributed by atoms with Crippen LogP contribution >= 0.6 is 0 Å². The fraction of sp³-hybridized carbons (Fsp3) is 0.526. The van der Waals surface area contributed by atoms with Crippen LogP contribution in [0.4, 0.5) is 0 Å². The lowest BCUT2D eigenvalue weighted by atomic mass is 9.93. The van der Waals surface area contributed by atoms with Gasteiger partial charge in [-0.15, -0.1) is 0 Å². The molecule has 1 aliphatic carbocycles. The molecule has 3 rings (SSSR count). The Bertz CT molecular complexity index is 820. The molecule has 0 atom stereocenters. The van der Waals surface area contributed by atoms with Gasteiger partial charge in [0.1, 0.15) is 0 Å². The molecule has 6 nitrogen and oxygen atoms in total. The molecule has 0 bridgehead atoms. The van der Waals surface area contributed by atoms with Crippen LogP contribution in [0.1, 0.15) is 50.0 Å². The average Bonchev–Trinajstić information content (AvgIpc) is 2.59. The number of benzene rings is 1. The zero-order chi connectivity index (χ0) is 18.0. The molecule has 2 N–H and O–H groups in total. The van der Waals surface area contributed by atoms with Crippen LogP contribution in [0.5, 0.6) is 0 Å². The van der Waals surface area contributed by atoms with Crippen molar-refractivity contribution in [3.05, 3.63) is 40.3 Å². The first-order valence-electron chi connectivity index (χ1n) is 8.94. The first kappa shape index (κ1) is 17.6. The summed E-state index contributed by atoms with van der Waals surface area (Å²) in [5.74, 6) is -0.00259. The third-order valence-corrected chi connectivity index (χ3v) is 4.65. The van der Waals surface area contributed by atoms with Crippen molar-refractivity contribution in [3.8, 4) is 0 Å². The molecule has 0 saturated heterocycles. The maximum Gasteiger partial charge on any atom is 0.274 e. The summed E-state index contributed by atoms with van der Waals surface area (Å²) < 4.78 is 1.40. The van der Waals surface area contributed by atoms with E-state index in [1.54, 1.807) is 18.2 Å².